The molecule has 0 saturated carbocycles. The van der Waals surface area contributed by atoms with Crippen molar-refractivity contribution in [1.29, 1.82) is 0 Å². The summed E-state index contributed by atoms with van der Waals surface area (Å²) in [7, 11) is 1.92. The molecule has 1 N–H and O–H groups in total. The van der Waals surface area contributed by atoms with Gasteiger partial charge in [0, 0.05) is 18.9 Å². The first-order chi connectivity index (χ1) is 15.2. The lowest BCUT2D eigenvalue weighted by Gasteiger charge is -2.24. The fraction of sp³-hybridized carbons (Fsp3) is 0.391. The Balaban J connectivity index is 1.45. The van der Waals surface area contributed by atoms with Gasteiger partial charge in [0.05, 0.1) is 23.0 Å². The van der Waals surface area contributed by atoms with Crippen LogP contribution in [0.15, 0.2) is 48.3 Å². The van der Waals surface area contributed by atoms with Crippen molar-refractivity contribution in [2.45, 2.75) is 52.2 Å². The Labute approximate surface area is 191 Å². The second kappa shape index (κ2) is 8.46. The highest BCUT2D eigenvalue weighted by Gasteiger charge is 2.39. The molecule has 0 fully saturated rings. The lowest BCUT2D eigenvalue weighted by atomic mass is 10.1. The van der Waals surface area contributed by atoms with Crippen LogP contribution in [0.1, 0.15) is 54.9 Å². The maximum Gasteiger partial charge on any atom is 0.206 e. The molecule has 1 aliphatic rings. The fourth-order valence-corrected chi connectivity index (χ4v) is 4.55. The molecule has 0 saturated heterocycles. The van der Waals surface area contributed by atoms with Gasteiger partial charge in [0.25, 0.3) is 0 Å². The van der Waals surface area contributed by atoms with Crippen LogP contribution in [0.4, 0.5) is 9.52 Å². The van der Waals surface area contributed by atoms with Gasteiger partial charge < -0.3 is 10.2 Å². The molecule has 0 aromatic carbocycles. The number of nitrogens with zero attached hydrogens (tertiary/aromatic N) is 6. The van der Waals surface area contributed by atoms with Crippen LogP contribution < -0.4 is 5.32 Å². The first-order valence-corrected chi connectivity index (χ1v) is 11.4. The third-order valence-corrected chi connectivity index (χ3v) is 6.91. The molecule has 168 valence electrons. The number of pyridine rings is 1. The summed E-state index contributed by atoms with van der Waals surface area (Å²) in [5.41, 5.74) is 3.33. The average molecular weight is 454 g/mol. The van der Waals surface area contributed by atoms with E-state index in [-0.39, 0.29) is 23.4 Å². The highest BCUT2D eigenvalue weighted by atomic mass is 32.1. The van der Waals surface area contributed by atoms with Crippen LogP contribution in [-0.4, -0.2) is 42.4 Å². The zero-order valence-corrected chi connectivity index (χ0v) is 20.0. The van der Waals surface area contributed by atoms with Crippen LogP contribution in [0.3, 0.4) is 0 Å². The van der Waals surface area contributed by atoms with E-state index in [4.69, 9.17) is 0 Å². The highest BCUT2D eigenvalue weighted by molar-refractivity contribution is 7.15. The van der Waals surface area contributed by atoms with Gasteiger partial charge in [0.2, 0.25) is 5.13 Å². The van der Waals surface area contributed by atoms with Gasteiger partial charge in [-0.15, -0.1) is 10.2 Å². The van der Waals surface area contributed by atoms with E-state index in [1.807, 2.05) is 43.6 Å². The third kappa shape index (κ3) is 4.29. The summed E-state index contributed by atoms with van der Waals surface area (Å²) in [4.78, 5) is 6.14. The summed E-state index contributed by atoms with van der Waals surface area (Å²) in [6, 6.07) is 4.91. The predicted octanol–water partition coefficient (Wildman–Crippen LogP) is 4.81. The Morgan fingerprint density at radius 2 is 2.00 bits per heavy atom. The molecule has 3 heterocycles. The Morgan fingerprint density at radius 3 is 2.62 bits per heavy atom. The highest BCUT2D eigenvalue weighted by Crippen LogP contribution is 2.40. The molecule has 4 rings (SSSR count). The van der Waals surface area contributed by atoms with Gasteiger partial charge in [0.1, 0.15) is 16.9 Å². The van der Waals surface area contributed by atoms with Crippen LogP contribution in [0.2, 0.25) is 0 Å². The van der Waals surface area contributed by atoms with Gasteiger partial charge in [-0.3, -0.25) is 9.67 Å². The molecule has 0 radical (unpaired) electrons. The SMILES string of the molecule is CC1=CC1(/C=C\N(C)C(C)c1ncccc1F)Nc1nnc(C(C)n2nc(C)cc2C)s1. The van der Waals surface area contributed by atoms with E-state index in [1.165, 1.54) is 23.0 Å². The van der Waals surface area contributed by atoms with Crippen molar-refractivity contribution in [2.75, 3.05) is 12.4 Å². The van der Waals surface area contributed by atoms with E-state index in [0.29, 0.717) is 5.69 Å². The largest absolute Gasteiger partial charge is 0.372 e. The minimum atomic E-state index is -0.380. The van der Waals surface area contributed by atoms with Crippen molar-refractivity contribution < 1.29 is 4.39 Å². The van der Waals surface area contributed by atoms with E-state index in [1.54, 1.807) is 12.3 Å². The Hall–Kier alpha value is -3.07. The molecule has 0 spiro atoms. The predicted molar refractivity (Wildman–Crippen MR) is 125 cm³/mol. The third-order valence-electron chi connectivity index (χ3n) is 5.90. The van der Waals surface area contributed by atoms with Crippen LogP contribution in [-0.2, 0) is 0 Å². The zero-order chi connectivity index (χ0) is 23.0. The van der Waals surface area contributed by atoms with E-state index < -0.39 is 0 Å². The number of anilines is 1. The standard InChI is InChI=1S/C23H28FN7S/c1-14-13-23(14,9-11-30(6)17(4)20-19(24)8-7-10-25-20)26-22-28-27-21(32-22)18(5)31-16(3)12-15(2)29-31/h7-13,17-18H,1-6H3,(H,26,28)/b11-9-. The number of aryl methyl sites for hydroxylation is 2. The van der Waals surface area contributed by atoms with Gasteiger partial charge in [0.15, 0.2) is 0 Å². The van der Waals surface area contributed by atoms with E-state index in [2.05, 4.69) is 57.7 Å². The summed E-state index contributed by atoms with van der Waals surface area (Å²) in [6.45, 7) is 10.1. The van der Waals surface area contributed by atoms with E-state index >= 15 is 0 Å². The molecule has 32 heavy (non-hydrogen) atoms. The number of aromatic nitrogens is 5. The van der Waals surface area contributed by atoms with Crippen molar-refractivity contribution in [3.63, 3.8) is 0 Å². The molecule has 3 atom stereocenters. The maximum atomic E-state index is 14.1. The topological polar surface area (TPSA) is 71.8 Å². The summed E-state index contributed by atoms with van der Waals surface area (Å²) >= 11 is 1.53. The fourth-order valence-electron chi connectivity index (χ4n) is 3.70. The molecular weight excluding hydrogens is 425 g/mol. The van der Waals surface area contributed by atoms with Crippen molar-refractivity contribution in [3.05, 3.63) is 76.2 Å². The first kappa shape index (κ1) is 22.1. The number of halogens is 1. The van der Waals surface area contributed by atoms with Crippen molar-refractivity contribution in [1.82, 2.24) is 29.9 Å². The Bertz CT molecular complexity index is 1180. The normalized spacial score (nSPS) is 19.7. The molecule has 7 nitrogen and oxygen atoms in total. The molecule has 0 aliphatic heterocycles. The van der Waals surface area contributed by atoms with Gasteiger partial charge in [-0.1, -0.05) is 11.3 Å². The molecule has 0 bridgehead atoms. The number of nitrogens with one attached hydrogen (secondary N) is 1. The van der Waals surface area contributed by atoms with Crippen molar-refractivity contribution in [3.8, 4) is 0 Å². The minimum Gasteiger partial charge on any atom is -0.372 e. The first-order valence-electron chi connectivity index (χ1n) is 10.6. The Kier molecular flexibility index (Phi) is 5.85. The maximum absolute atomic E-state index is 14.1. The molecule has 3 unspecified atom stereocenters. The number of rotatable bonds is 8. The molecular formula is C23H28FN7S. The van der Waals surface area contributed by atoms with Crippen LogP contribution in [0.25, 0.3) is 0 Å². The zero-order valence-electron chi connectivity index (χ0n) is 19.2. The summed E-state index contributed by atoms with van der Waals surface area (Å²) < 4.78 is 16.1. The van der Waals surface area contributed by atoms with Gasteiger partial charge in [-0.05, 0) is 76.7 Å². The minimum absolute atomic E-state index is 0.0109. The average Bonchev–Trinajstić information content (AvgIpc) is 3.06. The van der Waals surface area contributed by atoms with Crippen LogP contribution >= 0.6 is 11.3 Å². The summed E-state index contributed by atoms with van der Waals surface area (Å²) in [6.07, 6.45) is 7.77. The van der Waals surface area contributed by atoms with E-state index in [9.17, 15) is 4.39 Å². The number of hydrogen-bond donors (Lipinski definition) is 1. The number of hydrogen-bond acceptors (Lipinski definition) is 7. The van der Waals surface area contributed by atoms with Gasteiger partial charge in [-0.2, -0.15) is 5.10 Å². The summed E-state index contributed by atoms with van der Waals surface area (Å²) in [5, 5.41) is 18.4. The molecule has 9 heteroatoms. The molecule has 1 aliphatic carbocycles. The van der Waals surface area contributed by atoms with Gasteiger partial charge >= 0.3 is 0 Å². The second-order valence-corrected chi connectivity index (χ2v) is 9.35. The lowest BCUT2D eigenvalue weighted by molar-refractivity contribution is 0.341. The Morgan fingerprint density at radius 1 is 1.25 bits per heavy atom. The monoisotopic (exact) mass is 453 g/mol. The lowest BCUT2D eigenvalue weighted by Crippen LogP contribution is -2.25. The van der Waals surface area contributed by atoms with Crippen molar-refractivity contribution >= 4 is 16.5 Å². The van der Waals surface area contributed by atoms with E-state index in [0.717, 1.165) is 21.5 Å². The molecule has 3 aromatic heterocycles. The second-order valence-electron chi connectivity index (χ2n) is 8.34. The summed E-state index contributed by atoms with van der Waals surface area (Å²) in [5.74, 6) is -0.299. The van der Waals surface area contributed by atoms with Crippen LogP contribution in [0.5, 0.6) is 0 Å². The van der Waals surface area contributed by atoms with Crippen LogP contribution in [0, 0.1) is 19.7 Å². The molecule has 3 aromatic rings. The van der Waals surface area contributed by atoms with Gasteiger partial charge in [-0.25, -0.2) is 4.39 Å². The smallest absolute Gasteiger partial charge is 0.206 e. The molecule has 0 amide bonds. The quantitative estimate of drug-likeness (QED) is 0.494. The van der Waals surface area contributed by atoms with Crippen molar-refractivity contribution in [2.24, 2.45) is 0 Å².